The molecular formula is C28H35N5O6S. The highest BCUT2D eigenvalue weighted by atomic mass is 32.2. The Hall–Kier alpha value is -4.03. The number of hydrogen-bond acceptors (Lipinski definition) is 7. The van der Waals surface area contributed by atoms with Crippen molar-refractivity contribution in [3.05, 3.63) is 65.9 Å². The van der Waals surface area contributed by atoms with E-state index in [2.05, 4.69) is 20.9 Å². The number of rotatable bonds is 14. The molecule has 8 N–H and O–H groups in total. The predicted octanol–water partition coefficient (Wildman–Crippen LogP) is 1.30. The minimum atomic E-state index is -1.21. The van der Waals surface area contributed by atoms with E-state index in [1.54, 1.807) is 18.3 Å². The Morgan fingerprint density at radius 3 is 2.27 bits per heavy atom. The van der Waals surface area contributed by atoms with Gasteiger partial charge in [-0.3, -0.25) is 14.4 Å². The number of hydrogen-bond donors (Lipinski definition) is 7. The van der Waals surface area contributed by atoms with Crippen molar-refractivity contribution in [1.29, 1.82) is 0 Å². The zero-order valence-corrected chi connectivity index (χ0v) is 23.2. The summed E-state index contributed by atoms with van der Waals surface area (Å²) in [5.41, 5.74) is 8.40. The van der Waals surface area contributed by atoms with Crippen molar-refractivity contribution in [3.63, 3.8) is 0 Å². The first-order valence-electron chi connectivity index (χ1n) is 12.8. The van der Waals surface area contributed by atoms with Crippen LogP contribution in [0.1, 0.15) is 24.5 Å². The van der Waals surface area contributed by atoms with Gasteiger partial charge in [-0.2, -0.15) is 11.8 Å². The molecule has 0 fully saturated rings. The molecule has 0 aliphatic heterocycles. The summed E-state index contributed by atoms with van der Waals surface area (Å²) < 4.78 is 0. The number of aromatic nitrogens is 1. The van der Waals surface area contributed by atoms with Crippen LogP contribution in [0.5, 0.6) is 5.75 Å². The van der Waals surface area contributed by atoms with Crippen LogP contribution >= 0.6 is 11.8 Å². The molecule has 214 valence electrons. The highest BCUT2D eigenvalue weighted by Crippen LogP contribution is 2.19. The zero-order valence-electron chi connectivity index (χ0n) is 22.3. The van der Waals surface area contributed by atoms with Crippen LogP contribution in [-0.4, -0.2) is 75.1 Å². The smallest absolute Gasteiger partial charge is 0.326 e. The van der Waals surface area contributed by atoms with Crippen LogP contribution in [0.4, 0.5) is 0 Å². The highest BCUT2D eigenvalue weighted by molar-refractivity contribution is 7.98. The van der Waals surface area contributed by atoms with E-state index >= 15 is 0 Å². The van der Waals surface area contributed by atoms with Gasteiger partial charge in [0, 0.05) is 23.5 Å². The molecule has 12 heteroatoms. The summed E-state index contributed by atoms with van der Waals surface area (Å²) in [7, 11) is 0. The molecule has 3 amide bonds. The van der Waals surface area contributed by atoms with E-state index in [-0.39, 0.29) is 18.6 Å². The van der Waals surface area contributed by atoms with E-state index in [1.807, 2.05) is 30.5 Å². The van der Waals surface area contributed by atoms with Gasteiger partial charge in [-0.15, -0.1) is 0 Å². The Morgan fingerprint density at radius 2 is 1.60 bits per heavy atom. The van der Waals surface area contributed by atoms with Gasteiger partial charge in [-0.25, -0.2) is 4.79 Å². The van der Waals surface area contributed by atoms with Crippen molar-refractivity contribution in [2.24, 2.45) is 5.73 Å². The fourth-order valence-corrected chi connectivity index (χ4v) is 4.63. The number of carboxylic acid groups (broad SMARTS) is 1. The molecule has 0 spiro atoms. The number of amides is 3. The number of H-pyrrole nitrogens is 1. The lowest BCUT2D eigenvalue weighted by Gasteiger charge is -2.23. The molecule has 40 heavy (non-hydrogen) atoms. The third kappa shape index (κ3) is 8.48. The van der Waals surface area contributed by atoms with Crippen LogP contribution in [0.15, 0.2) is 54.7 Å². The van der Waals surface area contributed by atoms with Crippen LogP contribution in [0.3, 0.4) is 0 Å². The van der Waals surface area contributed by atoms with Gasteiger partial charge in [0.2, 0.25) is 17.7 Å². The quantitative estimate of drug-likeness (QED) is 0.151. The van der Waals surface area contributed by atoms with E-state index < -0.39 is 47.9 Å². The van der Waals surface area contributed by atoms with Gasteiger partial charge in [-0.1, -0.05) is 30.3 Å². The summed E-state index contributed by atoms with van der Waals surface area (Å²) in [6.07, 6.45) is 4.13. The number of benzene rings is 2. The van der Waals surface area contributed by atoms with Crippen molar-refractivity contribution >= 4 is 46.4 Å². The van der Waals surface area contributed by atoms with Crippen molar-refractivity contribution in [2.75, 3.05) is 12.0 Å². The second kappa shape index (κ2) is 14.4. The number of carbonyl (C=O) groups excluding carboxylic acids is 3. The van der Waals surface area contributed by atoms with Crippen molar-refractivity contribution in [3.8, 4) is 5.75 Å². The maximum Gasteiger partial charge on any atom is 0.326 e. The first-order chi connectivity index (χ1) is 19.1. The molecule has 3 rings (SSSR count). The van der Waals surface area contributed by atoms with E-state index in [9.17, 15) is 29.4 Å². The largest absolute Gasteiger partial charge is 0.508 e. The Labute approximate surface area is 236 Å². The van der Waals surface area contributed by atoms with Gasteiger partial charge in [0.25, 0.3) is 0 Å². The third-order valence-electron chi connectivity index (χ3n) is 6.44. The lowest BCUT2D eigenvalue weighted by molar-refractivity contribution is -0.142. The van der Waals surface area contributed by atoms with E-state index in [1.165, 1.54) is 30.8 Å². The number of carbonyl (C=O) groups is 4. The predicted molar refractivity (Wildman–Crippen MR) is 154 cm³/mol. The van der Waals surface area contributed by atoms with Gasteiger partial charge >= 0.3 is 5.97 Å². The number of phenols is 1. The normalized spacial score (nSPS) is 14.1. The third-order valence-corrected chi connectivity index (χ3v) is 7.08. The molecular weight excluding hydrogens is 534 g/mol. The first-order valence-corrected chi connectivity index (χ1v) is 14.2. The number of aliphatic carboxylic acids is 1. The minimum Gasteiger partial charge on any atom is -0.508 e. The van der Waals surface area contributed by atoms with E-state index in [0.717, 1.165) is 22.0 Å². The Bertz CT molecular complexity index is 1330. The van der Waals surface area contributed by atoms with E-state index in [0.29, 0.717) is 12.2 Å². The molecule has 1 heterocycles. The highest BCUT2D eigenvalue weighted by Gasteiger charge is 2.28. The van der Waals surface area contributed by atoms with Gasteiger partial charge < -0.3 is 36.9 Å². The average molecular weight is 570 g/mol. The summed E-state index contributed by atoms with van der Waals surface area (Å²) in [4.78, 5) is 53.6. The maximum atomic E-state index is 13.0. The summed E-state index contributed by atoms with van der Waals surface area (Å²) in [5, 5.41) is 27.8. The van der Waals surface area contributed by atoms with Gasteiger partial charge in [0.1, 0.15) is 23.9 Å². The number of thioether (sulfide) groups is 1. The summed E-state index contributed by atoms with van der Waals surface area (Å²) in [6, 6.07) is 9.60. The number of fused-ring (bicyclic) bond motifs is 1. The molecule has 0 bridgehead atoms. The fourth-order valence-electron chi connectivity index (χ4n) is 4.16. The van der Waals surface area contributed by atoms with Crippen LogP contribution in [0.25, 0.3) is 10.9 Å². The maximum absolute atomic E-state index is 13.0. The number of carboxylic acids is 1. The number of para-hydroxylation sites is 1. The number of nitrogens with one attached hydrogen (secondary N) is 4. The topological polar surface area (TPSA) is 187 Å². The lowest BCUT2D eigenvalue weighted by atomic mass is 10.0. The van der Waals surface area contributed by atoms with Crippen molar-refractivity contribution in [2.45, 2.75) is 50.4 Å². The van der Waals surface area contributed by atoms with Crippen LogP contribution in [0.2, 0.25) is 0 Å². The number of phenolic OH excluding ortho intramolecular Hbond substituents is 1. The van der Waals surface area contributed by atoms with Gasteiger partial charge in [-0.05, 0) is 61.1 Å². The molecule has 3 aromatic rings. The van der Waals surface area contributed by atoms with Crippen LogP contribution in [-0.2, 0) is 32.0 Å². The second-order valence-electron chi connectivity index (χ2n) is 9.51. The average Bonchev–Trinajstić information content (AvgIpc) is 3.34. The molecule has 0 aliphatic carbocycles. The van der Waals surface area contributed by atoms with Gasteiger partial charge in [0.15, 0.2) is 0 Å². The Morgan fingerprint density at radius 1 is 0.925 bits per heavy atom. The van der Waals surface area contributed by atoms with E-state index in [4.69, 9.17) is 5.73 Å². The molecule has 11 nitrogen and oxygen atoms in total. The second-order valence-corrected chi connectivity index (χ2v) is 10.5. The molecule has 4 unspecified atom stereocenters. The molecule has 0 saturated carbocycles. The standard InChI is InChI=1S/C28H35N5O6S/c1-16(25(35)33-24(28(38)39)14-18-15-30-22-6-4-3-5-20(18)22)31-27(37)23(11-12-40-2)32-26(36)21(29)13-17-7-9-19(34)10-8-17/h3-10,15-16,21,23-24,30,34H,11-14,29H2,1-2H3,(H,31,37)(H,32,36)(H,33,35)(H,38,39). The Kier molecular flexibility index (Phi) is 11.0. The fraction of sp³-hybridized carbons (Fsp3) is 0.357. The lowest BCUT2D eigenvalue weighted by Crippen LogP contribution is -2.56. The number of aromatic amines is 1. The van der Waals surface area contributed by atoms with Crippen LogP contribution in [0, 0.1) is 0 Å². The summed E-state index contributed by atoms with van der Waals surface area (Å²) in [5.74, 6) is -2.31. The van der Waals surface area contributed by atoms with Crippen LogP contribution < -0.4 is 21.7 Å². The molecule has 4 atom stereocenters. The SMILES string of the molecule is CSCCC(NC(=O)C(N)Cc1ccc(O)cc1)C(=O)NC(C)C(=O)NC(Cc1c[nH]c2ccccc12)C(=O)O. The van der Waals surface area contributed by atoms with Crippen molar-refractivity contribution < 1.29 is 29.4 Å². The summed E-state index contributed by atoms with van der Waals surface area (Å²) in [6.45, 7) is 1.45. The Balaban J connectivity index is 1.59. The molecule has 1 aromatic heterocycles. The number of aromatic hydroxyl groups is 1. The number of nitrogens with two attached hydrogens (primary N) is 1. The molecule has 0 aliphatic rings. The zero-order chi connectivity index (χ0) is 29.2. The summed E-state index contributed by atoms with van der Waals surface area (Å²) >= 11 is 1.49. The van der Waals surface area contributed by atoms with Gasteiger partial charge in [0.05, 0.1) is 6.04 Å². The minimum absolute atomic E-state index is 0.0527. The molecule has 2 aromatic carbocycles. The monoisotopic (exact) mass is 569 g/mol. The molecule has 0 radical (unpaired) electrons. The van der Waals surface area contributed by atoms with Crippen molar-refractivity contribution in [1.82, 2.24) is 20.9 Å². The first kappa shape index (κ1) is 30.5. The molecule has 0 saturated heterocycles.